The minimum absolute atomic E-state index is 0.0705. The SMILES string of the molecule is COc1ccc(-c2c(C)cccc2C)cc1-c1cccc(Nc2cc(C(C)(C)C)cc(C(C)(C)C)c2)c1. The van der Waals surface area contributed by atoms with Crippen molar-refractivity contribution in [3.05, 3.63) is 101 Å². The maximum absolute atomic E-state index is 5.80. The molecule has 4 rings (SSSR count). The van der Waals surface area contributed by atoms with Crippen molar-refractivity contribution in [3.63, 3.8) is 0 Å². The molecule has 0 aliphatic carbocycles. The van der Waals surface area contributed by atoms with Crippen molar-refractivity contribution in [1.29, 1.82) is 0 Å². The molecule has 0 saturated carbocycles. The molecule has 0 aliphatic heterocycles. The van der Waals surface area contributed by atoms with E-state index < -0.39 is 0 Å². The molecule has 2 heteroatoms. The number of rotatable bonds is 5. The number of aryl methyl sites for hydroxylation is 2. The molecule has 0 aromatic heterocycles. The van der Waals surface area contributed by atoms with Crippen LogP contribution in [0.4, 0.5) is 11.4 Å². The molecule has 0 radical (unpaired) electrons. The number of hydrogen-bond donors (Lipinski definition) is 1. The first-order valence-corrected chi connectivity index (χ1v) is 13.1. The van der Waals surface area contributed by atoms with Crippen LogP contribution in [0.2, 0.25) is 0 Å². The van der Waals surface area contributed by atoms with Gasteiger partial charge in [0, 0.05) is 16.9 Å². The van der Waals surface area contributed by atoms with Gasteiger partial charge in [-0.05, 0) is 100 Å². The van der Waals surface area contributed by atoms with Crippen LogP contribution in [0.3, 0.4) is 0 Å². The van der Waals surface area contributed by atoms with Crippen molar-refractivity contribution in [2.45, 2.75) is 66.2 Å². The lowest BCUT2D eigenvalue weighted by atomic mass is 9.80. The second-order valence-electron chi connectivity index (χ2n) is 12.2. The summed E-state index contributed by atoms with van der Waals surface area (Å²) < 4.78 is 5.80. The molecule has 0 bridgehead atoms. The van der Waals surface area contributed by atoms with Crippen molar-refractivity contribution in [3.8, 4) is 28.0 Å². The van der Waals surface area contributed by atoms with Crippen LogP contribution in [-0.4, -0.2) is 7.11 Å². The molecule has 0 fully saturated rings. The Bertz CT molecular complexity index is 1360. The van der Waals surface area contributed by atoms with Crippen LogP contribution in [0.25, 0.3) is 22.3 Å². The molecule has 0 unspecified atom stereocenters. The number of anilines is 2. The largest absolute Gasteiger partial charge is 0.496 e. The lowest BCUT2D eigenvalue weighted by Crippen LogP contribution is -2.16. The first-order chi connectivity index (χ1) is 17.4. The Morgan fingerprint density at radius 3 is 1.76 bits per heavy atom. The van der Waals surface area contributed by atoms with Gasteiger partial charge >= 0.3 is 0 Å². The molecule has 0 atom stereocenters. The van der Waals surface area contributed by atoms with Gasteiger partial charge in [-0.2, -0.15) is 0 Å². The highest BCUT2D eigenvalue weighted by Gasteiger charge is 2.21. The van der Waals surface area contributed by atoms with E-state index in [1.165, 1.54) is 33.4 Å². The Labute approximate surface area is 223 Å². The Hall–Kier alpha value is -3.52. The van der Waals surface area contributed by atoms with E-state index in [-0.39, 0.29) is 10.8 Å². The summed E-state index contributed by atoms with van der Waals surface area (Å²) in [5, 5.41) is 3.70. The summed E-state index contributed by atoms with van der Waals surface area (Å²) in [5.74, 6) is 0.872. The van der Waals surface area contributed by atoms with E-state index in [0.29, 0.717) is 0 Å². The highest BCUT2D eigenvalue weighted by molar-refractivity contribution is 5.81. The first kappa shape index (κ1) is 26.5. The number of hydrogen-bond acceptors (Lipinski definition) is 2. The van der Waals surface area contributed by atoms with E-state index in [9.17, 15) is 0 Å². The van der Waals surface area contributed by atoms with Gasteiger partial charge in [0.1, 0.15) is 5.75 Å². The zero-order chi connectivity index (χ0) is 27.0. The van der Waals surface area contributed by atoms with Gasteiger partial charge in [-0.25, -0.2) is 0 Å². The van der Waals surface area contributed by atoms with Gasteiger partial charge in [0.25, 0.3) is 0 Å². The molecule has 1 N–H and O–H groups in total. The average Bonchev–Trinajstić information content (AvgIpc) is 2.83. The summed E-state index contributed by atoms with van der Waals surface area (Å²) >= 11 is 0. The Morgan fingerprint density at radius 1 is 0.595 bits per heavy atom. The third-order valence-corrected chi connectivity index (χ3v) is 7.10. The molecular formula is C35H41NO. The van der Waals surface area contributed by atoms with Crippen molar-refractivity contribution in [2.24, 2.45) is 0 Å². The molecule has 0 amide bonds. The van der Waals surface area contributed by atoms with Crippen molar-refractivity contribution in [1.82, 2.24) is 0 Å². The fourth-order valence-electron chi connectivity index (χ4n) is 4.86. The minimum atomic E-state index is 0.0705. The Balaban J connectivity index is 1.76. The molecule has 0 saturated heterocycles. The van der Waals surface area contributed by atoms with Gasteiger partial charge in [0.2, 0.25) is 0 Å². The maximum atomic E-state index is 5.80. The third-order valence-electron chi connectivity index (χ3n) is 7.10. The van der Waals surface area contributed by atoms with Gasteiger partial charge < -0.3 is 10.1 Å². The fraction of sp³-hybridized carbons (Fsp3) is 0.314. The lowest BCUT2D eigenvalue weighted by molar-refractivity contribution is 0.416. The molecule has 0 heterocycles. The number of ether oxygens (including phenoxy) is 1. The number of methoxy groups -OCH3 is 1. The summed E-state index contributed by atoms with van der Waals surface area (Å²) in [6.45, 7) is 18.0. The van der Waals surface area contributed by atoms with E-state index in [0.717, 1.165) is 28.3 Å². The monoisotopic (exact) mass is 491 g/mol. The first-order valence-electron chi connectivity index (χ1n) is 13.1. The van der Waals surface area contributed by atoms with E-state index in [4.69, 9.17) is 4.74 Å². The van der Waals surface area contributed by atoms with Crippen molar-refractivity contribution < 1.29 is 4.74 Å². The van der Waals surface area contributed by atoms with Crippen LogP contribution in [-0.2, 0) is 10.8 Å². The second kappa shape index (κ2) is 10.1. The van der Waals surface area contributed by atoms with E-state index in [1.807, 2.05) is 0 Å². The topological polar surface area (TPSA) is 21.3 Å². The van der Waals surface area contributed by atoms with Gasteiger partial charge in [0.05, 0.1) is 7.11 Å². The zero-order valence-corrected chi connectivity index (χ0v) is 23.9. The van der Waals surface area contributed by atoms with Crippen molar-refractivity contribution >= 4 is 11.4 Å². The molecule has 0 aliphatic rings. The van der Waals surface area contributed by atoms with Crippen LogP contribution >= 0.6 is 0 Å². The average molecular weight is 492 g/mol. The van der Waals surface area contributed by atoms with Gasteiger partial charge in [-0.1, -0.05) is 84.0 Å². The molecule has 192 valence electrons. The summed E-state index contributed by atoms with van der Waals surface area (Å²) in [6.07, 6.45) is 0. The van der Waals surface area contributed by atoms with Crippen LogP contribution in [0, 0.1) is 13.8 Å². The lowest BCUT2D eigenvalue weighted by Gasteiger charge is -2.26. The predicted octanol–water partition coefficient (Wildman–Crippen LogP) is 9.98. The number of benzene rings is 4. The van der Waals surface area contributed by atoms with E-state index >= 15 is 0 Å². The molecule has 2 nitrogen and oxygen atoms in total. The van der Waals surface area contributed by atoms with E-state index in [2.05, 4.69) is 140 Å². The molecule has 4 aromatic carbocycles. The van der Waals surface area contributed by atoms with Gasteiger partial charge in [-0.15, -0.1) is 0 Å². The van der Waals surface area contributed by atoms with Crippen molar-refractivity contribution in [2.75, 3.05) is 12.4 Å². The zero-order valence-electron chi connectivity index (χ0n) is 23.9. The predicted molar refractivity (Wildman–Crippen MR) is 160 cm³/mol. The molecule has 4 aromatic rings. The summed E-state index contributed by atoms with van der Waals surface area (Å²) in [7, 11) is 1.74. The minimum Gasteiger partial charge on any atom is -0.496 e. The van der Waals surface area contributed by atoms with Crippen LogP contribution < -0.4 is 10.1 Å². The Morgan fingerprint density at radius 2 is 1.19 bits per heavy atom. The van der Waals surface area contributed by atoms with Crippen LogP contribution in [0.5, 0.6) is 5.75 Å². The van der Waals surface area contributed by atoms with Crippen LogP contribution in [0.1, 0.15) is 63.8 Å². The quantitative estimate of drug-likeness (QED) is 0.300. The summed E-state index contributed by atoms with van der Waals surface area (Å²) in [4.78, 5) is 0. The Kier molecular flexibility index (Phi) is 7.24. The third kappa shape index (κ3) is 5.91. The fourth-order valence-corrected chi connectivity index (χ4v) is 4.86. The number of nitrogens with one attached hydrogen (secondary N) is 1. The smallest absolute Gasteiger partial charge is 0.126 e. The highest BCUT2D eigenvalue weighted by Crippen LogP contribution is 2.38. The summed E-state index contributed by atoms with van der Waals surface area (Å²) in [5.41, 5.74) is 12.2. The second-order valence-corrected chi connectivity index (χ2v) is 12.2. The molecule has 37 heavy (non-hydrogen) atoms. The molecule has 0 spiro atoms. The van der Waals surface area contributed by atoms with Gasteiger partial charge in [-0.3, -0.25) is 0 Å². The standard InChI is InChI=1S/C35H41NO/c1-23-12-10-13-24(2)33(23)26-16-17-32(37-9)31(19-26)25-14-11-15-29(18-25)36-30-21-27(34(3,4)5)20-28(22-30)35(6,7)8/h10-22,36H,1-9H3. The maximum Gasteiger partial charge on any atom is 0.126 e. The molecular weight excluding hydrogens is 450 g/mol. The summed E-state index contributed by atoms with van der Waals surface area (Å²) in [6, 6.07) is 28.5. The normalized spacial score (nSPS) is 11.9. The highest BCUT2D eigenvalue weighted by atomic mass is 16.5. The van der Waals surface area contributed by atoms with Gasteiger partial charge in [0.15, 0.2) is 0 Å². The van der Waals surface area contributed by atoms with E-state index in [1.54, 1.807) is 7.11 Å². The van der Waals surface area contributed by atoms with Crippen LogP contribution in [0.15, 0.2) is 78.9 Å².